The molecule has 0 radical (unpaired) electrons. The van der Waals surface area contributed by atoms with Crippen LogP contribution in [-0.2, 0) is 6.42 Å². The summed E-state index contributed by atoms with van der Waals surface area (Å²) in [5, 5.41) is 0.106. The lowest BCUT2D eigenvalue weighted by Crippen LogP contribution is -2.31. The molecule has 0 aliphatic carbocycles. The molecule has 0 saturated carbocycles. The maximum Gasteiger partial charge on any atom is 0.146 e. The lowest BCUT2D eigenvalue weighted by Gasteiger charge is -2.15. The van der Waals surface area contributed by atoms with Gasteiger partial charge in [-0.15, -0.1) is 0 Å². The van der Waals surface area contributed by atoms with Gasteiger partial charge in [-0.3, -0.25) is 5.84 Å². The zero-order valence-electron chi connectivity index (χ0n) is 10.4. The van der Waals surface area contributed by atoms with E-state index in [1.165, 1.54) is 6.07 Å². The fourth-order valence-electron chi connectivity index (χ4n) is 1.73. The summed E-state index contributed by atoms with van der Waals surface area (Å²) in [5.74, 6) is 5.62. The number of nitrogens with zero attached hydrogens (tertiary/aromatic N) is 2. The average molecular weight is 281 g/mol. The van der Waals surface area contributed by atoms with Gasteiger partial charge in [0, 0.05) is 12.4 Å². The Morgan fingerprint density at radius 1 is 1.37 bits per heavy atom. The van der Waals surface area contributed by atoms with E-state index in [9.17, 15) is 4.39 Å². The molecule has 1 aromatic carbocycles. The van der Waals surface area contributed by atoms with Crippen molar-refractivity contribution in [3.8, 4) is 0 Å². The summed E-state index contributed by atoms with van der Waals surface area (Å²) in [6.07, 6.45) is 3.83. The first kappa shape index (κ1) is 13.9. The second-order valence-corrected chi connectivity index (χ2v) is 4.63. The van der Waals surface area contributed by atoms with E-state index in [2.05, 4.69) is 15.4 Å². The number of nitrogens with one attached hydrogen (secondary N) is 1. The summed E-state index contributed by atoms with van der Waals surface area (Å²) in [6, 6.07) is 4.36. The second kappa shape index (κ2) is 6.06. The van der Waals surface area contributed by atoms with Crippen LogP contribution in [0, 0.1) is 12.7 Å². The summed E-state index contributed by atoms with van der Waals surface area (Å²) < 4.78 is 13.4. The van der Waals surface area contributed by atoms with Crippen LogP contribution >= 0.6 is 11.6 Å². The molecular formula is C13H14ClFN4. The molecule has 0 amide bonds. The van der Waals surface area contributed by atoms with E-state index in [1.807, 2.05) is 6.92 Å². The van der Waals surface area contributed by atoms with Gasteiger partial charge < -0.3 is 0 Å². The summed E-state index contributed by atoms with van der Waals surface area (Å²) >= 11 is 5.92. The SMILES string of the molecule is Cc1cnc(C(Cc2cccc(F)c2Cl)NN)nc1. The van der Waals surface area contributed by atoms with E-state index in [1.54, 1.807) is 24.5 Å². The fourth-order valence-corrected chi connectivity index (χ4v) is 1.94. The molecule has 1 atom stereocenters. The largest absolute Gasteiger partial charge is 0.271 e. The Bertz CT molecular complexity index is 559. The minimum absolute atomic E-state index is 0.106. The van der Waals surface area contributed by atoms with Crippen LogP contribution in [0.5, 0.6) is 0 Å². The molecule has 1 aromatic heterocycles. The lowest BCUT2D eigenvalue weighted by atomic mass is 10.1. The van der Waals surface area contributed by atoms with Crippen LogP contribution in [0.2, 0.25) is 5.02 Å². The predicted molar refractivity (Wildman–Crippen MR) is 71.9 cm³/mol. The van der Waals surface area contributed by atoms with Crippen molar-refractivity contribution < 1.29 is 4.39 Å². The summed E-state index contributed by atoms with van der Waals surface area (Å²) in [4.78, 5) is 8.41. The fraction of sp³-hybridized carbons (Fsp3) is 0.231. The van der Waals surface area contributed by atoms with Gasteiger partial charge in [-0.05, 0) is 30.5 Å². The highest BCUT2D eigenvalue weighted by Crippen LogP contribution is 2.24. The highest BCUT2D eigenvalue weighted by molar-refractivity contribution is 6.31. The Morgan fingerprint density at radius 2 is 2.05 bits per heavy atom. The molecule has 0 saturated heterocycles. The molecule has 0 fully saturated rings. The monoisotopic (exact) mass is 280 g/mol. The summed E-state index contributed by atoms with van der Waals surface area (Å²) in [7, 11) is 0. The summed E-state index contributed by atoms with van der Waals surface area (Å²) in [6.45, 7) is 1.90. The number of rotatable bonds is 4. The first-order valence-corrected chi connectivity index (χ1v) is 6.17. The molecule has 0 bridgehead atoms. The van der Waals surface area contributed by atoms with Crippen molar-refractivity contribution in [2.45, 2.75) is 19.4 Å². The van der Waals surface area contributed by atoms with Crippen LogP contribution in [0.3, 0.4) is 0 Å². The number of hydrazine groups is 1. The highest BCUT2D eigenvalue weighted by Gasteiger charge is 2.16. The van der Waals surface area contributed by atoms with E-state index < -0.39 is 5.82 Å². The van der Waals surface area contributed by atoms with Crippen molar-refractivity contribution in [3.05, 3.63) is 58.4 Å². The third kappa shape index (κ3) is 3.26. The molecule has 1 unspecified atom stereocenters. The highest BCUT2D eigenvalue weighted by atomic mass is 35.5. The Kier molecular flexibility index (Phi) is 4.42. The quantitative estimate of drug-likeness (QED) is 0.666. The molecule has 0 aliphatic heterocycles. The van der Waals surface area contributed by atoms with Gasteiger partial charge in [0.15, 0.2) is 0 Å². The molecule has 3 N–H and O–H groups in total. The normalized spacial score (nSPS) is 12.4. The summed E-state index contributed by atoms with van der Waals surface area (Å²) in [5.41, 5.74) is 4.25. The lowest BCUT2D eigenvalue weighted by molar-refractivity contribution is 0.520. The van der Waals surface area contributed by atoms with Crippen molar-refractivity contribution in [1.29, 1.82) is 0 Å². The van der Waals surface area contributed by atoms with Crippen molar-refractivity contribution in [2.24, 2.45) is 5.84 Å². The Balaban J connectivity index is 2.24. The van der Waals surface area contributed by atoms with Crippen molar-refractivity contribution in [3.63, 3.8) is 0 Å². The average Bonchev–Trinajstić information content (AvgIpc) is 2.42. The van der Waals surface area contributed by atoms with Crippen LogP contribution in [0.4, 0.5) is 4.39 Å². The van der Waals surface area contributed by atoms with Gasteiger partial charge in [-0.25, -0.2) is 19.8 Å². The first-order valence-electron chi connectivity index (χ1n) is 5.79. The van der Waals surface area contributed by atoms with Crippen LogP contribution in [-0.4, -0.2) is 9.97 Å². The van der Waals surface area contributed by atoms with Crippen LogP contribution in [0.15, 0.2) is 30.6 Å². The molecular weight excluding hydrogens is 267 g/mol. The second-order valence-electron chi connectivity index (χ2n) is 4.25. The van der Waals surface area contributed by atoms with E-state index >= 15 is 0 Å². The maximum atomic E-state index is 13.4. The maximum absolute atomic E-state index is 13.4. The van der Waals surface area contributed by atoms with E-state index in [4.69, 9.17) is 17.4 Å². The van der Waals surface area contributed by atoms with Crippen LogP contribution in [0.1, 0.15) is 23.0 Å². The van der Waals surface area contributed by atoms with Crippen molar-refractivity contribution >= 4 is 11.6 Å². The third-order valence-electron chi connectivity index (χ3n) is 2.77. The van der Waals surface area contributed by atoms with Gasteiger partial charge in [0.2, 0.25) is 0 Å². The molecule has 100 valence electrons. The van der Waals surface area contributed by atoms with Crippen LogP contribution in [0.25, 0.3) is 0 Å². The number of halogens is 2. The number of benzene rings is 1. The van der Waals surface area contributed by atoms with Crippen molar-refractivity contribution in [2.75, 3.05) is 0 Å². The van der Waals surface area contributed by atoms with Gasteiger partial charge in [0.1, 0.15) is 11.6 Å². The standard InChI is InChI=1S/C13H14ClFN4/c1-8-6-17-13(18-7-8)11(19-16)5-9-3-2-4-10(15)12(9)14/h2-4,6-7,11,19H,5,16H2,1H3. The topological polar surface area (TPSA) is 63.8 Å². The number of nitrogens with two attached hydrogens (primary N) is 1. The van der Waals surface area contributed by atoms with E-state index in [0.717, 1.165) is 5.56 Å². The molecule has 6 heteroatoms. The molecule has 4 nitrogen and oxygen atoms in total. The molecule has 19 heavy (non-hydrogen) atoms. The minimum Gasteiger partial charge on any atom is -0.271 e. The number of hydrogen-bond acceptors (Lipinski definition) is 4. The number of aromatic nitrogens is 2. The first-order chi connectivity index (χ1) is 9.11. The number of aryl methyl sites for hydroxylation is 1. The molecule has 2 rings (SSSR count). The smallest absolute Gasteiger partial charge is 0.146 e. The van der Waals surface area contributed by atoms with Gasteiger partial charge >= 0.3 is 0 Å². The Labute approximate surface area is 115 Å². The van der Waals surface area contributed by atoms with Gasteiger partial charge in [-0.1, -0.05) is 23.7 Å². The Hall–Kier alpha value is -1.56. The minimum atomic E-state index is -0.445. The molecule has 0 aliphatic rings. The van der Waals surface area contributed by atoms with E-state index in [-0.39, 0.29) is 11.1 Å². The third-order valence-corrected chi connectivity index (χ3v) is 3.19. The van der Waals surface area contributed by atoms with Gasteiger partial charge in [0.25, 0.3) is 0 Å². The molecule has 0 spiro atoms. The van der Waals surface area contributed by atoms with Gasteiger partial charge in [0.05, 0.1) is 11.1 Å². The molecule has 1 heterocycles. The van der Waals surface area contributed by atoms with E-state index in [0.29, 0.717) is 17.8 Å². The number of hydrogen-bond donors (Lipinski definition) is 2. The zero-order valence-corrected chi connectivity index (χ0v) is 11.2. The predicted octanol–water partition coefficient (Wildman–Crippen LogP) is 2.32. The van der Waals surface area contributed by atoms with Gasteiger partial charge in [-0.2, -0.15) is 0 Å². The molecule has 2 aromatic rings. The zero-order chi connectivity index (χ0) is 13.8. The van der Waals surface area contributed by atoms with Crippen LogP contribution < -0.4 is 11.3 Å². The Morgan fingerprint density at radius 3 is 2.68 bits per heavy atom. The van der Waals surface area contributed by atoms with Crippen molar-refractivity contribution in [1.82, 2.24) is 15.4 Å².